The van der Waals surface area contributed by atoms with Crippen LogP contribution in [0.3, 0.4) is 0 Å². The van der Waals surface area contributed by atoms with E-state index in [1.165, 1.54) is 6.20 Å². The van der Waals surface area contributed by atoms with E-state index in [0.29, 0.717) is 11.4 Å². The number of hydrogen-bond donors (Lipinski definition) is 3. The number of nitrogen functional groups attached to an aromatic ring is 1. The molecule has 1 unspecified atom stereocenters. The number of nitrogens with two attached hydrogens (primary N) is 1. The van der Waals surface area contributed by atoms with Crippen LogP contribution in [0.4, 0.5) is 11.4 Å². The molecule has 1 atom stereocenters. The summed E-state index contributed by atoms with van der Waals surface area (Å²) in [6.07, 6.45) is 0.805. The first-order chi connectivity index (χ1) is 5.61. The van der Waals surface area contributed by atoms with Crippen LogP contribution in [0.2, 0.25) is 5.15 Å². The van der Waals surface area contributed by atoms with E-state index in [-0.39, 0.29) is 5.15 Å². The molecule has 5 heteroatoms. The molecule has 1 aromatic heterocycles. The van der Waals surface area contributed by atoms with Crippen molar-refractivity contribution < 1.29 is 5.11 Å². The maximum Gasteiger partial charge on any atom is 0.154 e. The van der Waals surface area contributed by atoms with Gasteiger partial charge in [0.25, 0.3) is 0 Å². The average molecular weight is 188 g/mol. The molecule has 0 aliphatic heterocycles. The lowest BCUT2D eigenvalue weighted by Crippen LogP contribution is -2.15. The van der Waals surface area contributed by atoms with Gasteiger partial charge in [-0.15, -0.1) is 0 Å². The van der Waals surface area contributed by atoms with E-state index in [1.807, 2.05) is 0 Å². The van der Waals surface area contributed by atoms with Gasteiger partial charge in [0, 0.05) is 6.20 Å². The number of rotatable bonds is 2. The highest BCUT2D eigenvalue weighted by atomic mass is 35.5. The van der Waals surface area contributed by atoms with E-state index >= 15 is 0 Å². The fourth-order valence-corrected chi connectivity index (χ4v) is 1.02. The Balaban J connectivity index is 2.96. The number of halogens is 1. The third-order valence-electron chi connectivity index (χ3n) is 1.29. The monoisotopic (exact) mass is 187 g/mol. The molecular weight excluding hydrogens is 178 g/mol. The quantitative estimate of drug-likeness (QED) is 0.479. The lowest BCUT2D eigenvalue weighted by molar-refractivity contribution is 0.224. The van der Waals surface area contributed by atoms with Crippen molar-refractivity contribution in [2.45, 2.75) is 13.2 Å². The van der Waals surface area contributed by atoms with Gasteiger partial charge in [-0.1, -0.05) is 11.6 Å². The van der Waals surface area contributed by atoms with E-state index in [0.717, 1.165) is 0 Å². The summed E-state index contributed by atoms with van der Waals surface area (Å²) in [5.74, 6) is 0. The SMILES string of the molecule is CC(O)Nc1c(N)ccnc1Cl. The molecule has 0 aliphatic carbocycles. The fraction of sp³-hybridized carbons (Fsp3) is 0.286. The van der Waals surface area contributed by atoms with Crippen molar-refractivity contribution >= 4 is 23.0 Å². The van der Waals surface area contributed by atoms with Crippen LogP contribution in [0.5, 0.6) is 0 Å². The maximum atomic E-state index is 9.00. The molecule has 0 bridgehead atoms. The van der Waals surface area contributed by atoms with Crippen LogP contribution >= 0.6 is 11.6 Å². The van der Waals surface area contributed by atoms with Gasteiger partial charge in [-0.05, 0) is 13.0 Å². The van der Waals surface area contributed by atoms with E-state index in [4.69, 9.17) is 22.4 Å². The highest BCUT2D eigenvalue weighted by molar-refractivity contribution is 6.32. The molecule has 4 N–H and O–H groups in total. The summed E-state index contributed by atoms with van der Waals surface area (Å²) in [5.41, 5.74) is 6.51. The second kappa shape index (κ2) is 3.60. The summed E-state index contributed by atoms with van der Waals surface area (Å²) < 4.78 is 0. The van der Waals surface area contributed by atoms with Gasteiger partial charge in [-0.25, -0.2) is 4.98 Å². The molecule has 1 aromatic rings. The van der Waals surface area contributed by atoms with Crippen molar-refractivity contribution in [1.29, 1.82) is 0 Å². The van der Waals surface area contributed by atoms with Crippen LogP contribution in [0.15, 0.2) is 12.3 Å². The normalized spacial score (nSPS) is 12.6. The standard InChI is InChI=1S/C7H10ClN3O/c1-4(12)11-6-5(9)2-3-10-7(6)8/h2-4,11-12H,1H3,(H2,9,10). The minimum Gasteiger partial charge on any atom is -0.397 e. The van der Waals surface area contributed by atoms with Crippen molar-refractivity contribution in [1.82, 2.24) is 4.98 Å². The molecule has 12 heavy (non-hydrogen) atoms. The Morgan fingerprint density at radius 2 is 2.42 bits per heavy atom. The Morgan fingerprint density at radius 3 is 2.92 bits per heavy atom. The zero-order chi connectivity index (χ0) is 9.14. The Morgan fingerprint density at radius 1 is 1.75 bits per heavy atom. The first kappa shape index (κ1) is 9.09. The van der Waals surface area contributed by atoms with Crippen LogP contribution in [-0.4, -0.2) is 16.3 Å². The van der Waals surface area contributed by atoms with E-state index in [9.17, 15) is 0 Å². The zero-order valence-corrected chi connectivity index (χ0v) is 7.34. The number of aliphatic hydroxyl groups excluding tert-OH is 1. The predicted molar refractivity (Wildman–Crippen MR) is 49.0 cm³/mol. The molecule has 1 rings (SSSR count). The summed E-state index contributed by atoms with van der Waals surface area (Å²) in [7, 11) is 0. The second-order valence-corrected chi connectivity index (χ2v) is 2.74. The summed E-state index contributed by atoms with van der Waals surface area (Å²) >= 11 is 5.71. The molecule has 0 saturated carbocycles. The Hall–Kier alpha value is -1.00. The molecule has 0 amide bonds. The number of pyridine rings is 1. The average Bonchev–Trinajstić information content (AvgIpc) is 1.97. The first-order valence-corrected chi connectivity index (χ1v) is 3.83. The van der Waals surface area contributed by atoms with E-state index in [1.54, 1.807) is 13.0 Å². The summed E-state index contributed by atoms with van der Waals surface area (Å²) in [6.45, 7) is 1.57. The van der Waals surface area contributed by atoms with E-state index < -0.39 is 6.23 Å². The van der Waals surface area contributed by atoms with Crippen LogP contribution in [0.1, 0.15) is 6.92 Å². The molecule has 0 fully saturated rings. The van der Waals surface area contributed by atoms with Gasteiger partial charge in [-0.2, -0.15) is 0 Å². The number of aromatic nitrogens is 1. The van der Waals surface area contributed by atoms with E-state index in [2.05, 4.69) is 10.3 Å². The van der Waals surface area contributed by atoms with Crippen molar-refractivity contribution in [3.05, 3.63) is 17.4 Å². The van der Waals surface area contributed by atoms with Gasteiger partial charge < -0.3 is 16.2 Å². The van der Waals surface area contributed by atoms with Crippen molar-refractivity contribution in [3.63, 3.8) is 0 Å². The third-order valence-corrected chi connectivity index (χ3v) is 1.58. The predicted octanol–water partition coefficient (Wildman–Crippen LogP) is 1.07. The molecule has 0 radical (unpaired) electrons. The molecule has 0 aliphatic rings. The molecule has 0 saturated heterocycles. The van der Waals surface area contributed by atoms with Gasteiger partial charge in [0.15, 0.2) is 5.15 Å². The fourth-order valence-electron chi connectivity index (χ4n) is 0.802. The van der Waals surface area contributed by atoms with Gasteiger partial charge in [0.1, 0.15) is 6.23 Å². The lowest BCUT2D eigenvalue weighted by Gasteiger charge is -2.11. The molecular formula is C7H10ClN3O. The summed E-state index contributed by atoms with van der Waals surface area (Å²) in [5, 5.41) is 11.9. The topological polar surface area (TPSA) is 71.2 Å². The highest BCUT2D eigenvalue weighted by Gasteiger charge is 2.06. The minimum absolute atomic E-state index is 0.260. The molecule has 0 spiro atoms. The van der Waals surface area contributed by atoms with Crippen molar-refractivity contribution in [2.24, 2.45) is 0 Å². The number of anilines is 2. The highest BCUT2D eigenvalue weighted by Crippen LogP contribution is 2.25. The molecule has 0 aromatic carbocycles. The Bertz CT molecular complexity index is 257. The van der Waals surface area contributed by atoms with Gasteiger partial charge in [0.05, 0.1) is 11.4 Å². The number of aliphatic hydroxyl groups is 1. The smallest absolute Gasteiger partial charge is 0.154 e. The molecule has 4 nitrogen and oxygen atoms in total. The van der Waals surface area contributed by atoms with Crippen LogP contribution < -0.4 is 11.1 Å². The zero-order valence-electron chi connectivity index (χ0n) is 6.58. The third kappa shape index (κ3) is 1.99. The molecule has 1 heterocycles. The summed E-state index contributed by atoms with van der Waals surface area (Å²) in [4.78, 5) is 3.80. The van der Waals surface area contributed by atoms with Crippen molar-refractivity contribution in [3.8, 4) is 0 Å². The van der Waals surface area contributed by atoms with Gasteiger partial charge >= 0.3 is 0 Å². The van der Waals surface area contributed by atoms with Gasteiger partial charge in [0.2, 0.25) is 0 Å². The minimum atomic E-state index is -0.700. The van der Waals surface area contributed by atoms with Crippen LogP contribution in [0.25, 0.3) is 0 Å². The Kier molecular flexibility index (Phi) is 2.73. The largest absolute Gasteiger partial charge is 0.397 e. The van der Waals surface area contributed by atoms with Crippen molar-refractivity contribution in [2.75, 3.05) is 11.1 Å². The molecule has 66 valence electrons. The number of nitrogens with one attached hydrogen (secondary N) is 1. The van der Waals surface area contributed by atoms with Crippen LogP contribution in [-0.2, 0) is 0 Å². The summed E-state index contributed by atoms with van der Waals surface area (Å²) in [6, 6.07) is 1.61. The first-order valence-electron chi connectivity index (χ1n) is 3.46. The van der Waals surface area contributed by atoms with Gasteiger partial charge in [-0.3, -0.25) is 0 Å². The van der Waals surface area contributed by atoms with Crippen LogP contribution in [0, 0.1) is 0 Å². The second-order valence-electron chi connectivity index (χ2n) is 2.39. The lowest BCUT2D eigenvalue weighted by atomic mass is 10.3. The maximum absolute atomic E-state index is 9.00. The number of hydrogen-bond acceptors (Lipinski definition) is 4. The Labute approximate surface area is 75.4 Å². The number of nitrogens with zero attached hydrogens (tertiary/aromatic N) is 1.